The van der Waals surface area contributed by atoms with Gasteiger partial charge in [0, 0.05) is 25.3 Å². The molecule has 0 spiro atoms. The van der Waals surface area contributed by atoms with E-state index in [1.807, 2.05) is 32.0 Å². The first-order valence-electron chi connectivity index (χ1n) is 6.63. The molecule has 5 heteroatoms. The van der Waals surface area contributed by atoms with E-state index in [1.165, 1.54) is 12.0 Å². The summed E-state index contributed by atoms with van der Waals surface area (Å²) in [5.74, 6) is -0.434. The van der Waals surface area contributed by atoms with Crippen LogP contribution in [0.25, 0.3) is 0 Å². The Balaban J connectivity index is 2.78. The summed E-state index contributed by atoms with van der Waals surface area (Å²) in [6.07, 6.45) is 0.193. The van der Waals surface area contributed by atoms with Gasteiger partial charge in [-0.2, -0.15) is 0 Å². The van der Waals surface area contributed by atoms with Crippen molar-refractivity contribution in [1.29, 1.82) is 0 Å². The highest BCUT2D eigenvalue weighted by atomic mass is 16.5. The van der Waals surface area contributed by atoms with Gasteiger partial charge in [0.05, 0.1) is 19.1 Å². The Morgan fingerprint density at radius 1 is 1.30 bits per heavy atom. The highest BCUT2D eigenvalue weighted by Gasteiger charge is 2.16. The summed E-state index contributed by atoms with van der Waals surface area (Å²) in [5, 5.41) is 3.25. The second-order valence-corrected chi connectivity index (χ2v) is 4.90. The molecule has 0 saturated heterocycles. The Bertz CT molecular complexity index is 472. The quantitative estimate of drug-likeness (QED) is 0.810. The molecule has 0 aliphatic rings. The zero-order chi connectivity index (χ0) is 15.1. The minimum Gasteiger partial charge on any atom is -0.469 e. The van der Waals surface area contributed by atoms with Gasteiger partial charge in [-0.1, -0.05) is 12.1 Å². The smallest absolute Gasteiger partial charge is 0.307 e. The number of methoxy groups -OCH3 is 1. The second-order valence-electron chi connectivity index (χ2n) is 4.90. The van der Waals surface area contributed by atoms with Crippen molar-refractivity contribution in [1.82, 2.24) is 4.90 Å². The van der Waals surface area contributed by atoms with E-state index in [0.717, 1.165) is 5.69 Å². The summed E-state index contributed by atoms with van der Waals surface area (Å²) < 4.78 is 4.57. The number of carbonyl (C=O) groups excluding carboxylic acids is 2. The fourth-order valence-corrected chi connectivity index (χ4v) is 1.77. The Morgan fingerprint density at radius 2 is 1.95 bits per heavy atom. The zero-order valence-electron chi connectivity index (χ0n) is 12.5. The maximum Gasteiger partial charge on any atom is 0.307 e. The molecule has 5 nitrogen and oxygen atoms in total. The monoisotopic (exact) mass is 278 g/mol. The molecule has 0 unspecified atom stereocenters. The number of rotatable bonds is 6. The third-order valence-electron chi connectivity index (χ3n) is 2.83. The lowest BCUT2D eigenvalue weighted by atomic mass is 10.1. The van der Waals surface area contributed by atoms with Gasteiger partial charge in [-0.15, -0.1) is 0 Å². The molecule has 0 bridgehead atoms. The second kappa shape index (κ2) is 7.53. The van der Waals surface area contributed by atoms with E-state index in [4.69, 9.17) is 0 Å². The summed E-state index contributed by atoms with van der Waals surface area (Å²) in [6.45, 7) is 4.37. The maximum atomic E-state index is 12.4. The zero-order valence-corrected chi connectivity index (χ0v) is 12.5. The van der Waals surface area contributed by atoms with E-state index in [1.54, 1.807) is 13.1 Å². The van der Waals surface area contributed by atoms with Crippen molar-refractivity contribution in [2.75, 3.05) is 26.0 Å². The van der Waals surface area contributed by atoms with Crippen molar-refractivity contribution in [3.63, 3.8) is 0 Å². The van der Waals surface area contributed by atoms with Gasteiger partial charge in [-0.3, -0.25) is 9.59 Å². The average molecular weight is 278 g/mol. The molecule has 0 aliphatic carbocycles. The minimum absolute atomic E-state index is 0.113. The summed E-state index contributed by atoms with van der Waals surface area (Å²) in [6, 6.07) is 7.61. The van der Waals surface area contributed by atoms with Gasteiger partial charge in [-0.25, -0.2) is 0 Å². The van der Waals surface area contributed by atoms with Crippen LogP contribution in [0.5, 0.6) is 0 Å². The summed E-state index contributed by atoms with van der Waals surface area (Å²) in [4.78, 5) is 25.0. The molecular formula is C15H22N2O3. The first kappa shape index (κ1) is 16.0. The van der Waals surface area contributed by atoms with Gasteiger partial charge in [0.1, 0.15) is 0 Å². The maximum absolute atomic E-state index is 12.4. The molecule has 0 radical (unpaired) electrons. The number of carbonyl (C=O) groups is 2. The van der Waals surface area contributed by atoms with E-state index in [2.05, 4.69) is 10.1 Å². The molecule has 20 heavy (non-hydrogen) atoms. The Kier molecular flexibility index (Phi) is 6.03. The fourth-order valence-electron chi connectivity index (χ4n) is 1.77. The number of anilines is 1. The number of nitrogens with zero attached hydrogens (tertiary/aromatic N) is 1. The molecule has 0 aromatic heterocycles. The van der Waals surface area contributed by atoms with Gasteiger partial charge in [0.15, 0.2) is 0 Å². The number of para-hydroxylation sites is 1. The van der Waals surface area contributed by atoms with Crippen LogP contribution in [-0.4, -0.2) is 43.5 Å². The van der Waals surface area contributed by atoms with Crippen molar-refractivity contribution < 1.29 is 14.3 Å². The molecule has 0 atom stereocenters. The van der Waals surface area contributed by atoms with Crippen LogP contribution in [0.4, 0.5) is 5.69 Å². The van der Waals surface area contributed by atoms with Crippen molar-refractivity contribution >= 4 is 17.6 Å². The van der Waals surface area contributed by atoms with E-state index < -0.39 is 0 Å². The van der Waals surface area contributed by atoms with Crippen molar-refractivity contribution in [3.05, 3.63) is 29.8 Å². The van der Waals surface area contributed by atoms with Gasteiger partial charge in [0.25, 0.3) is 5.91 Å². The first-order chi connectivity index (χ1) is 9.45. The van der Waals surface area contributed by atoms with Gasteiger partial charge >= 0.3 is 5.97 Å². The molecule has 1 N–H and O–H groups in total. The van der Waals surface area contributed by atoms with E-state index in [-0.39, 0.29) is 24.3 Å². The van der Waals surface area contributed by atoms with Crippen LogP contribution in [-0.2, 0) is 9.53 Å². The highest BCUT2D eigenvalue weighted by molar-refractivity contribution is 5.99. The molecule has 0 heterocycles. The van der Waals surface area contributed by atoms with E-state index >= 15 is 0 Å². The van der Waals surface area contributed by atoms with Crippen LogP contribution in [0.2, 0.25) is 0 Å². The number of hydrogen-bond acceptors (Lipinski definition) is 4. The van der Waals surface area contributed by atoms with Crippen LogP contribution in [0.1, 0.15) is 30.6 Å². The molecule has 0 fully saturated rings. The average Bonchev–Trinajstić information content (AvgIpc) is 2.43. The number of ether oxygens (including phenoxy) is 1. The number of nitrogens with one attached hydrogen (secondary N) is 1. The predicted octanol–water partition coefficient (Wildman–Crippen LogP) is 2.14. The lowest BCUT2D eigenvalue weighted by Crippen LogP contribution is -2.30. The molecular weight excluding hydrogens is 256 g/mol. The van der Waals surface area contributed by atoms with Gasteiger partial charge < -0.3 is 15.0 Å². The molecule has 0 aliphatic heterocycles. The lowest BCUT2D eigenvalue weighted by Gasteiger charge is -2.20. The first-order valence-corrected chi connectivity index (χ1v) is 6.63. The normalized spacial score (nSPS) is 10.2. The third-order valence-corrected chi connectivity index (χ3v) is 2.83. The number of esters is 1. The van der Waals surface area contributed by atoms with Crippen LogP contribution in [0.3, 0.4) is 0 Å². The van der Waals surface area contributed by atoms with Gasteiger partial charge in [0.2, 0.25) is 0 Å². The number of hydrogen-bond donors (Lipinski definition) is 1. The molecule has 1 amide bonds. The Morgan fingerprint density at radius 3 is 2.55 bits per heavy atom. The molecule has 110 valence electrons. The SMILES string of the molecule is COC(=O)CCN(C)C(=O)c1ccccc1NC(C)C. The molecule has 1 rings (SSSR count). The lowest BCUT2D eigenvalue weighted by molar-refractivity contribution is -0.140. The summed E-state index contributed by atoms with van der Waals surface area (Å²) in [7, 11) is 3.02. The predicted molar refractivity (Wildman–Crippen MR) is 78.8 cm³/mol. The summed E-state index contributed by atoms with van der Waals surface area (Å²) in [5.41, 5.74) is 1.41. The highest BCUT2D eigenvalue weighted by Crippen LogP contribution is 2.17. The van der Waals surface area contributed by atoms with Crippen LogP contribution < -0.4 is 5.32 Å². The Labute approximate surface area is 119 Å². The Hall–Kier alpha value is -2.04. The van der Waals surface area contributed by atoms with Crippen LogP contribution in [0, 0.1) is 0 Å². The van der Waals surface area contributed by atoms with Crippen LogP contribution in [0.15, 0.2) is 24.3 Å². The number of benzene rings is 1. The molecule has 1 aromatic carbocycles. The summed E-state index contributed by atoms with van der Waals surface area (Å²) >= 11 is 0. The standard InChI is InChI=1S/C15H22N2O3/c1-11(2)16-13-8-6-5-7-12(13)15(19)17(3)10-9-14(18)20-4/h5-8,11,16H,9-10H2,1-4H3. The van der Waals surface area contributed by atoms with Crippen LogP contribution >= 0.6 is 0 Å². The largest absolute Gasteiger partial charge is 0.469 e. The third kappa shape index (κ3) is 4.57. The van der Waals surface area contributed by atoms with Crippen molar-refractivity contribution in [2.24, 2.45) is 0 Å². The van der Waals surface area contributed by atoms with Gasteiger partial charge in [-0.05, 0) is 26.0 Å². The van der Waals surface area contributed by atoms with Crippen molar-refractivity contribution in [3.8, 4) is 0 Å². The minimum atomic E-state index is -0.321. The fraction of sp³-hybridized carbons (Fsp3) is 0.467. The molecule has 1 aromatic rings. The van der Waals surface area contributed by atoms with E-state index in [9.17, 15) is 9.59 Å². The topological polar surface area (TPSA) is 58.6 Å². The molecule has 0 saturated carbocycles. The number of amides is 1. The van der Waals surface area contributed by atoms with Crippen molar-refractivity contribution in [2.45, 2.75) is 26.3 Å². The van der Waals surface area contributed by atoms with E-state index in [0.29, 0.717) is 12.1 Å².